The van der Waals surface area contributed by atoms with Gasteiger partial charge in [-0.3, -0.25) is 9.78 Å². The summed E-state index contributed by atoms with van der Waals surface area (Å²) >= 11 is 0. The molecule has 3 aromatic rings. The predicted molar refractivity (Wildman–Crippen MR) is 129 cm³/mol. The van der Waals surface area contributed by atoms with E-state index in [9.17, 15) is 18.0 Å². The van der Waals surface area contributed by atoms with E-state index >= 15 is 0 Å². The number of carbonyl (C=O) groups excluding carboxylic acids is 1. The van der Waals surface area contributed by atoms with Gasteiger partial charge in [0.2, 0.25) is 0 Å². The normalized spacial score (nSPS) is 11.3. The fourth-order valence-corrected chi connectivity index (χ4v) is 3.73. The van der Waals surface area contributed by atoms with Crippen LogP contribution in [0.1, 0.15) is 48.2 Å². The second-order valence-electron chi connectivity index (χ2n) is 8.07. The van der Waals surface area contributed by atoms with Crippen molar-refractivity contribution in [3.8, 4) is 11.3 Å². The van der Waals surface area contributed by atoms with Crippen LogP contribution in [0.2, 0.25) is 0 Å². The molecule has 0 atom stereocenters. The maximum absolute atomic E-state index is 12.9. The molecule has 0 aliphatic carbocycles. The maximum atomic E-state index is 12.9. The monoisotopic (exact) mass is 470 g/mol. The first-order valence-corrected chi connectivity index (χ1v) is 11.3. The highest BCUT2D eigenvalue weighted by molar-refractivity contribution is 5.95. The molecule has 180 valence electrons. The van der Waals surface area contributed by atoms with Gasteiger partial charge in [0.15, 0.2) is 0 Å². The maximum Gasteiger partial charge on any atom is 0.416 e. The highest BCUT2D eigenvalue weighted by Crippen LogP contribution is 2.31. The van der Waals surface area contributed by atoms with Crippen LogP contribution < -0.4 is 16.0 Å². The van der Waals surface area contributed by atoms with Crippen molar-refractivity contribution in [3.05, 3.63) is 77.5 Å². The topological polar surface area (TPSA) is 71.2 Å². The molecule has 0 saturated heterocycles. The molecule has 0 spiro atoms. The van der Waals surface area contributed by atoms with Crippen LogP contribution in [0, 0.1) is 0 Å². The fourth-order valence-electron chi connectivity index (χ4n) is 3.73. The van der Waals surface area contributed by atoms with E-state index in [2.05, 4.69) is 29.0 Å². The number of anilines is 2. The Morgan fingerprint density at radius 3 is 2.44 bits per heavy atom. The van der Waals surface area contributed by atoms with E-state index in [4.69, 9.17) is 5.73 Å². The van der Waals surface area contributed by atoms with E-state index in [1.165, 1.54) is 18.3 Å². The average molecular weight is 471 g/mol. The number of nitrogens with one attached hydrogen (secondary N) is 1. The number of nitrogen functional groups attached to an aromatic ring is 1. The van der Waals surface area contributed by atoms with Crippen molar-refractivity contribution >= 4 is 17.3 Å². The average Bonchev–Trinajstić information content (AvgIpc) is 2.82. The number of nitrogens with zero attached hydrogens (tertiary/aromatic N) is 2. The van der Waals surface area contributed by atoms with Crippen molar-refractivity contribution in [2.75, 3.05) is 23.7 Å². The summed E-state index contributed by atoms with van der Waals surface area (Å²) in [5, 5.41) is 2.68. The first-order valence-electron chi connectivity index (χ1n) is 11.3. The summed E-state index contributed by atoms with van der Waals surface area (Å²) < 4.78 is 38.8. The molecule has 0 aliphatic heterocycles. The van der Waals surface area contributed by atoms with Crippen molar-refractivity contribution in [1.82, 2.24) is 10.3 Å². The van der Waals surface area contributed by atoms with Crippen molar-refractivity contribution in [1.29, 1.82) is 0 Å². The third-order valence-corrected chi connectivity index (χ3v) is 5.39. The van der Waals surface area contributed by atoms with Crippen LogP contribution in [0.25, 0.3) is 11.3 Å². The largest absolute Gasteiger partial charge is 0.416 e. The molecule has 0 saturated carbocycles. The highest BCUT2D eigenvalue weighted by Gasteiger charge is 2.30. The summed E-state index contributed by atoms with van der Waals surface area (Å²) in [6.45, 7) is 6.07. The summed E-state index contributed by atoms with van der Waals surface area (Å²) in [5.74, 6) is -0.408. The van der Waals surface area contributed by atoms with Gasteiger partial charge in [0.05, 0.1) is 11.3 Å². The number of hydrogen-bond donors (Lipinski definition) is 2. The molecule has 0 unspecified atom stereocenters. The number of amides is 1. The molecule has 5 nitrogen and oxygen atoms in total. The zero-order valence-electron chi connectivity index (χ0n) is 19.3. The lowest BCUT2D eigenvalue weighted by atomic mass is 10.0. The number of alkyl halides is 3. The van der Waals surface area contributed by atoms with Gasteiger partial charge in [-0.2, -0.15) is 13.2 Å². The lowest BCUT2D eigenvalue weighted by Crippen LogP contribution is -2.24. The SMILES string of the molecule is CCCN(CCC)c1ccc(N)c(-c2cc(C(=O)NCc3cccc(C(F)(F)F)c3)ccn2)c1. The van der Waals surface area contributed by atoms with Crippen LogP contribution in [-0.2, 0) is 12.7 Å². The number of rotatable bonds is 9. The van der Waals surface area contributed by atoms with Crippen molar-refractivity contribution in [2.24, 2.45) is 0 Å². The molecule has 3 rings (SSSR count). The Morgan fingerprint density at radius 2 is 1.76 bits per heavy atom. The van der Waals surface area contributed by atoms with Gasteiger partial charge < -0.3 is 16.0 Å². The van der Waals surface area contributed by atoms with E-state index in [-0.39, 0.29) is 6.54 Å². The lowest BCUT2D eigenvalue weighted by Gasteiger charge is -2.24. The molecule has 0 radical (unpaired) electrons. The number of nitrogens with two attached hydrogens (primary N) is 1. The Kier molecular flexibility index (Phi) is 8.15. The number of halogens is 3. The minimum Gasteiger partial charge on any atom is -0.398 e. The van der Waals surface area contributed by atoms with Crippen molar-refractivity contribution in [3.63, 3.8) is 0 Å². The van der Waals surface area contributed by atoms with Gasteiger partial charge in [-0.15, -0.1) is 0 Å². The van der Waals surface area contributed by atoms with Gasteiger partial charge >= 0.3 is 6.18 Å². The Balaban J connectivity index is 1.79. The van der Waals surface area contributed by atoms with Gasteiger partial charge in [-0.1, -0.05) is 26.0 Å². The zero-order chi connectivity index (χ0) is 24.7. The summed E-state index contributed by atoms with van der Waals surface area (Å²) in [4.78, 5) is 19.4. The molecule has 0 bridgehead atoms. The molecule has 1 heterocycles. The van der Waals surface area contributed by atoms with Gasteiger partial charge in [0, 0.05) is 48.3 Å². The van der Waals surface area contributed by atoms with Crippen LogP contribution in [0.4, 0.5) is 24.5 Å². The third-order valence-electron chi connectivity index (χ3n) is 5.39. The summed E-state index contributed by atoms with van der Waals surface area (Å²) in [7, 11) is 0. The number of carbonyl (C=O) groups is 1. The highest BCUT2D eigenvalue weighted by atomic mass is 19.4. The summed E-state index contributed by atoms with van der Waals surface area (Å²) in [6, 6.07) is 13.9. The Labute approximate surface area is 197 Å². The number of benzene rings is 2. The van der Waals surface area contributed by atoms with Gasteiger partial charge in [-0.05, 0) is 60.9 Å². The van der Waals surface area contributed by atoms with Crippen LogP contribution >= 0.6 is 0 Å². The number of pyridine rings is 1. The van der Waals surface area contributed by atoms with Crippen LogP contribution in [-0.4, -0.2) is 24.0 Å². The summed E-state index contributed by atoms with van der Waals surface area (Å²) in [5.41, 5.74) is 9.05. The lowest BCUT2D eigenvalue weighted by molar-refractivity contribution is -0.137. The first-order chi connectivity index (χ1) is 16.2. The minimum absolute atomic E-state index is 0.0268. The molecular weight excluding hydrogens is 441 g/mol. The number of hydrogen-bond acceptors (Lipinski definition) is 4. The predicted octanol–water partition coefficient (Wildman–Crippen LogP) is 5.91. The fraction of sp³-hybridized carbons (Fsp3) is 0.308. The van der Waals surface area contributed by atoms with Crippen molar-refractivity contribution in [2.45, 2.75) is 39.4 Å². The Hall–Kier alpha value is -3.55. The second kappa shape index (κ2) is 11.0. The van der Waals surface area contributed by atoms with E-state index in [1.807, 2.05) is 18.2 Å². The molecular formula is C26H29F3N4O. The van der Waals surface area contributed by atoms with E-state index in [1.54, 1.807) is 12.1 Å². The standard InChI is InChI=1S/C26H29F3N4O/c1-3-12-33(13-4-2)21-8-9-23(30)22(16-21)24-15-19(10-11-31-24)25(34)32-17-18-6-5-7-20(14-18)26(27,28)29/h5-11,14-16H,3-4,12-13,17,30H2,1-2H3,(H,32,34). The first kappa shape index (κ1) is 25.1. The third kappa shape index (κ3) is 6.27. The van der Waals surface area contributed by atoms with E-state index in [0.717, 1.165) is 49.3 Å². The van der Waals surface area contributed by atoms with Crippen LogP contribution in [0.15, 0.2) is 60.8 Å². The molecule has 34 heavy (non-hydrogen) atoms. The van der Waals surface area contributed by atoms with Gasteiger partial charge in [0.1, 0.15) is 0 Å². The zero-order valence-corrected chi connectivity index (χ0v) is 19.3. The van der Waals surface area contributed by atoms with Gasteiger partial charge in [-0.25, -0.2) is 0 Å². The number of aromatic nitrogens is 1. The van der Waals surface area contributed by atoms with E-state index < -0.39 is 17.6 Å². The smallest absolute Gasteiger partial charge is 0.398 e. The van der Waals surface area contributed by atoms with Gasteiger partial charge in [0.25, 0.3) is 5.91 Å². The Bertz CT molecular complexity index is 1130. The second-order valence-corrected chi connectivity index (χ2v) is 8.07. The van der Waals surface area contributed by atoms with Crippen LogP contribution in [0.3, 0.4) is 0 Å². The molecule has 3 N–H and O–H groups in total. The summed E-state index contributed by atoms with van der Waals surface area (Å²) in [6.07, 6.45) is -0.881. The molecule has 1 amide bonds. The molecule has 2 aromatic carbocycles. The minimum atomic E-state index is -4.43. The Morgan fingerprint density at radius 1 is 1.03 bits per heavy atom. The van der Waals surface area contributed by atoms with Crippen molar-refractivity contribution < 1.29 is 18.0 Å². The molecule has 0 aliphatic rings. The van der Waals surface area contributed by atoms with E-state index in [0.29, 0.717) is 22.5 Å². The molecule has 8 heteroatoms. The quantitative estimate of drug-likeness (QED) is 0.382. The van der Waals surface area contributed by atoms with Crippen LogP contribution in [0.5, 0.6) is 0 Å². The molecule has 1 aromatic heterocycles. The molecule has 0 fully saturated rings.